The Kier molecular flexibility index (Phi) is 3.76. The van der Waals surface area contributed by atoms with Gasteiger partial charge in [0, 0.05) is 0 Å². The van der Waals surface area contributed by atoms with Gasteiger partial charge in [-0.25, -0.2) is 4.79 Å². The lowest BCUT2D eigenvalue weighted by Crippen LogP contribution is -2.09. The lowest BCUT2D eigenvalue weighted by Gasteiger charge is -1.96. The fraction of sp³-hybridized carbons (Fsp3) is 0.250. The molecule has 0 aromatic carbocycles. The zero-order valence-electron chi connectivity index (χ0n) is 6.87. The third-order valence-electron chi connectivity index (χ3n) is 1.37. The topological polar surface area (TPSA) is 74.6 Å². The van der Waals surface area contributed by atoms with Crippen molar-refractivity contribution in [3.8, 4) is 0 Å². The van der Waals surface area contributed by atoms with Gasteiger partial charge in [0.25, 0.3) is 5.78 Å². The number of aliphatic carboxylic acids is 1. The Bertz CT molecular complexity index is 260. The molecular formula is C8H10O4. The van der Waals surface area contributed by atoms with Gasteiger partial charge in [0.05, 0.1) is 6.26 Å². The van der Waals surface area contributed by atoms with Crippen molar-refractivity contribution in [3.63, 3.8) is 0 Å². The summed E-state index contributed by atoms with van der Waals surface area (Å²) in [5.41, 5.74) is 0.898. The summed E-state index contributed by atoms with van der Waals surface area (Å²) in [7, 11) is 0. The fourth-order valence-corrected chi connectivity index (χ4v) is 0.474. The molecule has 66 valence electrons. The highest BCUT2D eigenvalue weighted by molar-refractivity contribution is 6.37. The number of allylic oxidation sites excluding steroid dienone is 2. The molecular weight excluding hydrogens is 160 g/mol. The van der Waals surface area contributed by atoms with Crippen LogP contribution in [0.4, 0.5) is 0 Å². The summed E-state index contributed by atoms with van der Waals surface area (Å²) in [6.45, 7) is 3.11. The van der Waals surface area contributed by atoms with Crippen molar-refractivity contribution in [2.24, 2.45) is 0 Å². The highest BCUT2D eigenvalue weighted by Crippen LogP contribution is 2.06. The summed E-state index contributed by atoms with van der Waals surface area (Å²) in [6, 6.07) is 0. The molecule has 0 saturated carbocycles. The largest absolute Gasteiger partial charge is 0.515 e. The Balaban J connectivity index is 4.58. The molecule has 0 fully saturated rings. The van der Waals surface area contributed by atoms with E-state index >= 15 is 0 Å². The van der Waals surface area contributed by atoms with Crippen LogP contribution in [-0.4, -0.2) is 22.0 Å². The van der Waals surface area contributed by atoms with Gasteiger partial charge < -0.3 is 10.2 Å². The third kappa shape index (κ3) is 3.01. The highest BCUT2D eigenvalue weighted by Gasteiger charge is 2.07. The Hall–Kier alpha value is -1.58. The van der Waals surface area contributed by atoms with E-state index in [9.17, 15) is 9.59 Å². The van der Waals surface area contributed by atoms with Gasteiger partial charge in [-0.2, -0.15) is 0 Å². The number of ketones is 1. The second kappa shape index (κ2) is 4.33. The Morgan fingerprint density at radius 2 is 1.67 bits per heavy atom. The van der Waals surface area contributed by atoms with E-state index in [0.717, 1.165) is 12.3 Å². The minimum Gasteiger partial charge on any atom is -0.515 e. The van der Waals surface area contributed by atoms with Crippen molar-refractivity contribution in [3.05, 3.63) is 23.5 Å². The maximum absolute atomic E-state index is 10.6. The van der Waals surface area contributed by atoms with Crippen molar-refractivity contribution in [2.75, 3.05) is 0 Å². The van der Waals surface area contributed by atoms with Gasteiger partial charge in [-0.3, -0.25) is 4.79 Å². The number of hydrogen-bond acceptors (Lipinski definition) is 3. The molecule has 0 unspecified atom stereocenters. The van der Waals surface area contributed by atoms with Crippen LogP contribution < -0.4 is 0 Å². The number of aliphatic hydroxyl groups is 1. The number of carbonyl (C=O) groups is 2. The molecule has 4 heteroatoms. The molecule has 12 heavy (non-hydrogen) atoms. The summed E-state index contributed by atoms with van der Waals surface area (Å²) in [5.74, 6) is -2.49. The molecule has 0 aliphatic rings. The predicted octanol–water partition coefficient (Wildman–Crippen LogP) is 1.05. The molecule has 0 saturated heterocycles. The first-order valence-electron chi connectivity index (χ1n) is 3.26. The Labute approximate surface area is 69.8 Å². The average molecular weight is 170 g/mol. The maximum atomic E-state index is 10.6. The second-order valence-electron chi connectivity index (χ2n) is 2.31. The summed E-state index contributed by atoms with van der Waals surface area (Å²) in [6.07, 6.45) is 1.78. The van der Waals surface area contributed by atoms with Crippen molar-refractivity contribution in [1.82, 2.24) is 0 Å². The Morgan fingerprint density at radius 1 is 1.17 bits per heavy atom. The average Bonchev–Trinajstić information content (AvgIpc) is 2.02. The first kappa shape index (κ1) is 10.4. The minimum absolute atomic E-state index is 0.435. The molecule has 0 rings (SSSR count). The number of aliphatic hydroxyl groups excluding tert-OH is 1. The zero-order valence-corrected chi connectivity index (χ0v) is 6.87. The quantitative estimate of drug-likeness (QED) is 0.287. The maximum Gasteiger partial charge on any atom is 0.376 e. The van der Waals surface area contributed by atoms with Gasteiger partial charge in [-0.05, 0) is 31.1 Å². The lowest BCUT2D eigenvalue weighted by molar-refractivity contribution is -0.146. The van der Waals surface area contributed by atoms with Crippen molar-refractivity contribution in [2.45, 2.75) is 13.8 Å². The monoisotopic (exact) mass is 170 g/mol. The number of carboxylic acids is 1. The second-order valence-corrected chi connectivity index (χ2v) is 2.31. The summed E-state index contributed by atoms with van der Waals surface area (Å²) >= 11 is 0. The van der Waals surface area contributed by atoms with E-state index in [1.807, 2.05) is 0 Å². The predicted molar refractivity (Wildman–Crippen MR) is 42.8 cm³/mol. The molecule has 0 aromatic rings. The van der Waals surface area contributed by atoms with E-state index in [-0.39, 0.29) is 0 Å². The first-order chi connectivity index (χ1) is 5.49. The number of carbonyl (C=O) groups excluding carboxylic acids is 1. The van der Waals surface area contributed by atoms with Crippen LogP contribution in [0.1, 0.15) is 13.8 Å². The van der Waals surface area contributed by atoms with Crippen LogP contribution in [0, 0.1) is 0 Å². The van der Waals surface area contributed by atoms with Crippen LogP contribution in [-0.2, 0) is 9.59 Å². The molecule has 0 aromatic heterocycles. The van der Waals surface area contributed by atoms with E-state index in [1.165, 1.54) is 0 Å². The molecule has 4 nitrogen and oxygen atoms in total. The van der Waals surface area contributed by atoms with Crippen molar-refractivity contribution < 1.29 is 19.8 Å². The highest BCUT2D eigenvalue weighted by atomic mass is 16.4. The Morgan fingerprint density at radius 3 is 2.00 bits per heavy atom. The first-order valence-corrected chi connectivity index (χ1v) is 3.26. The SMILES string of the molecule is CC(=CO)C(C)=CC(=O)C(=O)O. The molecule has 0 heterocycles. The van der Waals surface area contributed by atoms with E-state index in [2.05, 4.69) is 0 Å². The fourth-order valence-electron chi connectivity index (χ4n) is 0.474. The van der Waals surface area contributed by atoms with Crippen LogP contribution in [0.15, 0.2) is 23.5 Å². The van der Waals surface area contributed by atoms with Crippen LogP contribution in [0.3, 0.4) is 0 Å². The molecule has 0 bridgehead atoms. The number of hydrogen-bond donors (Lipinski definition) is 2. The molecule has 0 amide bonds. The van der Waals surface area contributed by atoms with E-state index in [0.29, 0.717) is 11.1 Å². The molecule has 0 aliphatic heterocycles. The summed E-state index contributed by atoms with van der Waals surface area (Å²) < 4.78 is 0. The van der Waals surface area contributed by atoms with Gasteiger partial charge in [-0.1, -0.05) is 0 Å². The van der Waals surface area contributed by atoms with Crippen LogP contribution in [0.25, 0.3) is 0 Å². The number of rotatable bonds is 3. The molecule has 0 spiro atoms. The van der Waals surface area contributed by atoms with Gasteiger partial charge in [0.2, 0.25) is 0 Å². The van der Waals surface area contributed by atoms with E-state index in [4.69, 9.17) is 10.2 Å². The van der Waals surface area contributed by atoms with E-state index in [1.54, 1.807) is 13.8 Å². The smallest absolute Gasteiger partial charge is 0.376 e. The van der Waals surface area contributed by atoms with Gasteiger partial charge in [0.15, 0.2) is 0 Å². The number of carboxylic acid groups (broad SMARTS) is 1. The molecule has 2 N–H and O–H groups in total. The summed E-state index contributed by atoms with van der Waals surface area (Å²) in [4.78, 5) is 20.7. The zero-order chi connectivity index (χ0) is 9.72. The molecule has 0 aliphatic carbocycles. The van der Waals surface area contributed by atoms with Gasteiger partial charge in [-0.15, -0.1) is 0 Å². The van der Waals surface area contributed by atoms with Crippen LogP contribution >= 0.6 is 0 Å². The summed E-state index contributed by atoms with van der Waals surface area (Å²) in [5, 5.41) is 16.7. The molecule has 0 radical (unpaired) electrons. The lowest BCUT2D eigenvalue weighted by atomic mass is 10.1. The van der Waals surface area contributed by atoms with Gasteiger partial charge >= 0.3 is 5.97 Å². The van der Waals surface area contributed by atoms with Crippen LogP contribution in [0.5, 0.6) is 0 Å². The van der Waals surface area contributed by atoms with Crippen molar-refractivity contribution >= 4 is 11.8 Å². The van der Waals surface area contributed by atoms with Crippen LogP contribution in [0.2, 0.25) is 0 Å². The van der Waals surface area contributed by atoms with E-state index < -0.39 is 11.8 Å². The van der Waals surface area contributed by atoms with Gasteiger partial charge in [0.1, 0.15) is 0 Å². The standard InChI is InChI=1S/C8H10O4/c1-5(6(2)4-9)3-7(10)8(11)12/h3-4,9H,1-2H3,(H,11,12). The van der Waals surface area contributed by atoms with Crippen molar-refractivity contribution in [1.29, 1.82) is 0 Å². The minimum atomic E-state index is -1.50. The normalized spacial score (nSPS) is 12.8. The third-order valence-corrected chi connectivity index (χ3v) is 1.37. The molecule has 0 atom stereocenters.